The van der Waals surface area contributed by atoms with Crippen molar-refractivity contribution >= 4 is 15.9 Å². The van der Waals surface area contributed by atoms with Crippen LogP contribution in [0.1, 0.15) is 36.6 Å². The number of nitrogens with one attached hydrogen (secondary N) is 1. The normalized spacial score (nSPS) is 12.6. The highest BCUT2D eigenvalue weighted by molar-refractivity contribution is 9.10. The fourth-order valence-corrected chi connectivity index (χ4v) is 3.07. The number of aryl methyl sites for hydroxylation is 2. The van der Waals surface area contributed by atoms with Gasteiger partial charge >= 0.3 is 0 Å². The maximum absolute atomic E-state index is 4.36. The molecule has 2 aromatic rings. The first kappa shape index (κ1) is 15.3. The highest BCUT2D eigenvalue weighted by atomic mass is 79.9. The first-order valence-electron chi connectivity index (χ1n) is 7.14. The van der Waals surface area contributed by atoms with E-state index in [9.17, 15) is 0 Å². The van der Waals surface area contributed by atoms with Gasteiger partial charge in [0.2, 0.25) is 0 Å². The van der Waals surface area contributed by atoms with Crippen LogP contribution in [0.3, 0.4) is 0 Å². The summed E-state index contributed by atoms with van der Waals surface area (Å²) in [4.78, 5) is 0. The second-order valence-corrected chi connectivity index (χ2v) is 6.00. The Kier molecular flexibility index (Phi) is 5.38. The van der Waals surface area contributed by atoms with Gasteiger partial charge in [0.1, 0.15) is 0 Å². The van der Waals surface area contributed by atoms with Crippen LogP contribution in [-0.2, 0) is 13.0 Å². The zero-order chi connectivity index (χ0) is 14.5. The van der Waals surface area contributed by atoms with Crippen LogP contribution in [0.2, 0.25) is 0 Å². The van der Waals surface area contributed by atoms with Crippen molar-refractivity contribution in [3.63, 3.8) is 0 Å². The molecule has 3 nitrogen and oxygen atoms in total. The lowest BCUT2D eigenvalue weighted by atomic mass is 9.99. The molecule has 0 aliphatic rings. The molecule has 0 aliphatic heterocycles. The summed E-state index contributed by atoms with van der Waals surface area (Å²) >= 11 is 3.59. The van der Waals surface area contributed by atoms with Crippen molar-refractivity contribution in [3.8, 4) is 0 Å². The van der Waals surface area contributed by atoms with Gasteiger partial charge in [0, 0.05) is 23.3 Å². The number of halogens is 1. The van der Waals surface area contributed by atoms with E-state index in [-0.39, 0.29) is 0 Å². The van der Waals surface area contributed by atoms with Crippen molar-refractivity contribution in [2.24, 2.45) is 0 Å². The summed E-state index contributed by atoms with van der Waals surface area (Å²) in [6.45, 7) is 8.26. The van der Waals surface area contributed by atoms with Crippen LogP contribution in [0.5, 0.6) is 0 Å². The predicted octanol–water partition coefficient (Wildman–Crippen LogP) is 3.87. The molecule has 0 bridgehead atoms. The van der Waals surface area contributed by atoms with Crippen molar-refractivity contribution in [2.75, 3.05) is 6.54 Å². The number of aromatic nitrogens is 2. The van der Waals surface area contributed by atoms with Gasteiger partial charge < -0.3 is 5.32 Å². The molecular formula is C16H22BrN3. The summed E-state index contributed by atoms with van der Waals surface area (Å²) in [5.74, 6) is 0. The number of hydrogen-bond acceptors (Lipinski definition) is 2. The van der Waals surface area contributed by atoms with Crippen LogP contribution < -0.4 is 5.32 Å². The van der Waals surface area contributed by atoms with Crippen molar-refractivity contribution in [1.29, 1.82) is 0 Å². The molecule has 1 aromatic carbocycles. The van der Waals surface area contributed by atoms with Gasteiger partial charge in [0.05, 0.1) is 6.20 Å². The minimum absolute atomic E-state index is 0.325. The highest BCUT2D eigenvalue weighted by Gasteiger charge is 2.13. The molecule has 1 atom stereocenters. The number of rotatable bonds is 6. The molecule has 108 valence electrons. The molecule has 0 saturated heterocycles. The Morgan fingerprint density at radius 3 is 2.70 bits per heavy atom. The third-order valence-corrected chi connectivity index (χ3v) is 3.83. The topological polar surface area (TPSA) is 29.9 Å². The monoisotopic (exact) mass is 335 g/mol. The molecule has 1 aromatic heterocycles. The molecule has 0 radical (unpaired) electrons. The molecule has 4 heteroatoms. The van der Waals surface area contributed by atoms with Crippen molar-refractivity contribution in [2.45, 2.75) is 39.8 Å². The van der Waals surface area contributed by atoms with Crippen LogP contribution in [0.15, 0.2) is 35.1 Å². The summed E-state index contributed by atoms with van der Waals surface area (Å²) in [5.41, 5.74) is 3.87. The van der Waals surface area contributed by atoms with E-state index in [1.165, 1.54) is 16.7 Å². The number of likely N-dealkylation sites (N-methyl/N-ethyl adjacent to an activating group) is 1. The van der Waals surface area contributed by atoms with E-state index in [2.05, 4.69) is 71.5 Å². The van der Waals surface area contributed by atoms with E-state index in [1.807, 2.05) is 10.9 Å². The van der Waals surface area contributed by atoms with E-state index in [0.29, 0.717) is 6.04 Å². The highest BCUT2D eigenvalue weighted by Crippen LogP contribution is 2.23. The fraction of sp³-hybridized carbons (Fsp3) is 0.438. The van der Waals surface area contributed by atoms with Crippen LogP contribution >= 0.6 is 15.9 Å². The van der Waals surface area contributed by atoms with E-state index >= 15 is 0 Å². The number of benzene rings is 1. The van der Waals surface area contributed by atoms with E-state index in [1.54, 1.807) is 0 Å². The van der Waals surface area contributed by atoms with E-state index in [4.69, 9.17) is 0 Å². The third-order valence-electron chi connectivity index (χ3n) is 3.37. The summed E-state index contributed by atoms with van der Waals surface area (Å²) in [6.07, 6.45) is 5.07. The molecule has 2 rings (SSSR count). The number of nitrogens with zero attached hydrogens (tertiary/aromatic N) is 2. The largest absolute Gasteiger partial charge is 0.310 e. The Hall–Kier alpha value is -1.13. The SMILES string of the molecule is CCNC(Cc1cnn(CC)c1)c1cc(C)cc(Br)c1. The zero-order valence-electron chi connectivity index (χ0n) is 12.4. The smallest absolute Gasteiger partial charge is 0.0522 e. The van der Waals surface area contributed by atoms with Crippen molar-refractivity contribution in [1.82, 2.24) is 15.1 Å². The van der Waals surface area contributed by atoms with Crippen LogP contribution in [-0.4, -0.2) is 16.3 Å². The Morgan fingerprint density at radius 2 is 2.10 bits per heavy atom. The van der Waals surface area contributed by atoms with E-state index in [0.717, 1.165) is 24.0 Å². The average Bonchev–Trinajstić information content (AvgIpc) is 2.85. The van der Waals surface area contributed by atoms with Gasteiger partial charge in [-0.15, -0.1) is 0 Å². The lowest BCUT2D eigenvalue weighted by Gasteiger charge is -2.18. The van der Waals surface area contributed by atoms with Gasteiger partial charge in [-0.2, -0.15) is 5.10 Å². The summed E-state index contributed by atoms with van der Waals surface area (Å²) in [7, 11) is 0. The molecule has 0 amide bonds. The van der Waals surface area contributed by atoms with Gasteiger partial charge in [-0.05, 0) is 55.6 Å². The third kappa shape index (κ3) is 3.93. The predicted molar refractivity (Wildman–Crippen MR) is 86.9 cm³/mol. The Morgan fingerprint density at radius 1 is 1.30 bits per heavy atom. The average molecular weight is 336 g/mol. The Balaban J connectivity index is 2.21. The Bertz CT molecular complexity index is 542. The minimum Gasteiger partial charge on any atom is -0.310 e. The Labute approximate surface area is 129 Å². The molecule has 0 aliphatic carbocycles. The van der Waals surface area contributed by atoms with Crippen LogP contribution in [0.4, 0.5) is 0 Å². The van der Waals surface area contributed by atoms with Gasteiger partial charge in [0.25, 0.3) is 0 Å². The van der Waals surface area contributed by atoms with Crippen molar-refractivity contribution < 1.29 is 0 Å². The maximum atomic E-state index is 4.36. The summed E-state index contributed by atoms with van der Waals surface area (Å²) in [6, 6.07) is 6.92. The second kappa shape index (κ2) is 7.04. The molecule has 0 saturated carbocycles. The standard InChI is InChI=1S/C16H22BrN3/c1-4-18-16(8-13-10-19-20(5-2)11-13)14-6-12(3)7-15(17)9-14/h6-7,9-11,16,18H,4-5,8H2,1-3H3. The van der Waals surface area contributed by atoms with Crippen molar-refractivity contribution in [3.05, 3.63) is 51.8 Å². The maximum Gasteiger partial charge on any atom is 0.0522 e. The quantitative estimate of drug-likeness (QED) is 0.868. The lowest BCUT2D eigenvalue weighted by molar-refractivity contribution is 0.548. The van der Waals surface area contributed by atoms with Gasteiger partial charge in [-0.1, -0.05) is 28.9 Å². The van der Waals surface area contributed by atoms with Gasteiger partial charge in [-0.3, -0.25) is 4.68 Å². The molecule has 0 spiro atoms. The van der Waals surface area contributed by atoms with Crippen LogP contribution in [0.25, 0.3) is 0 Å². The molecule has 1 unspecified atom stereocenters. The molecular weight excluding hydrogens is 314 g/mol. The second-order valence-electron chi connectivity index (χ2n) is 5.08. The fourth-order valence-electron chi connectivity index (χ4n) is 2.44. The van der Waals surface area contributed by atoms with Gasteiger partial charge in [0.15, 0.2) is 0 Å². The number of hydrogen-bond donors (Lipinski definition) is 1. The van der Waals surface area contributed by atoms with E-state index < -0.39 is 0 Å². The molecule has 1 heterocycles. The molecule has 1 N–H and O–H groups in total. The first-order valence-corrected chi connectivity index (χ1v) is 7.93. The zero-order valence-corrected chi connectivity index (χ0v) is 13.9. The summed E-state index contributed by atoms with van der Waals surface area (Å²) < 4.78 is 3.12. The summed E-state index contributed by atoms with van der Waals surface area (Å²) in [5, 5.41) is 7.93. The first-order chi connectivity index (χ1) is 9.62. The minimum atomic E-state index is 0.325. The molecule has 20 heavy (non-hydrogen) atoms. The van der Waals surface area contributed by atoms with Gasteiger partial charge in [-0.25, -0.2) is 0 Å². The lowest BCUT2D eigenvalue weighted by Crippen LogP contribution is -2.23. The molecule has 0 fully saturated rings. The van der Waals surface area contributed by atoms with Crippen LogP contribution in [0, 0.1) is 6.92 Å².